The summed E-state index contributed by atoms with van der Waals surface area (Å²) in [6.45, 7) is 5.62. The third-order valence-corrected chi connectivity index (χ3v) is 5.35. The van der Waals surface area contributed by atoms with E-state index in [1.807, 2.05) is 13.8 Å². The Bertz CT molecular complexity index is 660. The van der Waals surface area contributed by atoms with E-state index in [1.165, 1.54) is 23.9 Å². The number of benzene rings is 1. The molecule has 0 spiro atoms. The van der Waals surface area contributed by atoms with Gasteiger partial charge in [0.25, 0.3) is 0 Å². The van der Waals surface area contributed by atoms with Crippen LogP contribution in [0, 0.1) is 5.41 Å². The van der Waals surface area contributed by atoms with Crippen LogP contribution in [0.2, 0.25) is 0 Å². The van der Waals surface area contributed by atoms with Gasteiger partial charge in [0.1, 0.15) is 5.75 Å². The normalized spacial score (nSPS) is 12.0. The van der Waals surface area contributed by atoms with E-state index >= 15 is 0 Å². The lowest BCUT2D eigenvalue weighted by Gasteiger charge is -2.29. The van der Waals surface area contributed by atoms with Crippen LogP contribution in [0.4, 0.5) is 0 Å². The first-order valence-corrected chi connectivity index (χ1v) is 10.5. The fourth-order valence-corrected chi connectivity index (χ4v) is 3.26. The number of nitrogens with zero attached hydrogens (tertiary/aromatic N) is 1. The third kappa shape index (κ3) is 8.08. The Morgan fingerprint density at radius 2 is 1.88 bits per heavy atom. The number of rotatable bonds is 10. The topological polar surface area (TPSA) is 116 Å². The predicted octanol–water partition coefficient (Wildman–Crippen LogP) is 0.889. The molecular weight excluding hydrogens is 362 g/mol. The minimum absolute atomic E-state index is 0.0447. The van der Waals surface area contributed by atoms with Crippen LogP contribution in [0.5, 0.6) is 5.75 Å². The molecule has 0 bridgehead atoms. The minimum Gasteiger partial charge on any atom is -0.493 e. The van der Waals surface area contributed by atoms with E-state index < -0.39 is 10.0 Å². The van der Waals surface area contributed by atoms with Crippen LogP contribution >= 0.6 is 11.8 Å². The molecule has 1 aromatic carbocycles. The standard InChI is InChI=1S/C16H27N3O4S2/c1-16(2,11-17)12-19(3)15(20)10-24-9-8-23-13-4-6-14(7-5-13)25(18,21)22/h4-7H,8-12,17H2,1-3H3,(H2,18,21,22). The molecule has 0 aromatic heterocycles. The highest BCUT2D eigenvalue weighted by atomic mass is 32.2. The molecule has 0 saturated heterocycles. The number of hydrogen-bond acceptors (Lipinski definition) is 6. The van der Waals surface area contributed by atoms with Gasteiger partial charge in [-0.05, 0) is 36.2 Å². The first kappa shape index (κ1) is 21.8. The lowest BCUT2D eigenvalue weighted by Crippen LogP contribution is -2.40. The molecule has 142 valence electrons. The van der Waals surface area contributed by atoms with Crippen LogP contribution in [0.1, 0.15) is 13.8 Å². The molecule has 4 N–H and O–H groups in total. The molecule has 0 fully saturated rings. The van der Waals surface area contributed by atoms with Crippen molar-refractivity contribution in [3.8, 4) is 5.75 Å². The summed E-state index contributed by atoms with van der Waals surface area (Å²) < 4.78 is 27.8. The second-order valence-corrected chi connectivity index (χ2v) is 9.20. The van der Waals surface area contributed by atoms with Crippen molar-refractivity contribution in [2.45, 2.75) is 18.7 Å². The largest absolute Gasteiger partial charge is 0.493 e. The maximum absolute atomic E-state index is 12.1. The van der Waals surface area contributed by atoms with Crippen molar-refractivity contribution in [3.05, 3.63) is 24.3 Å². The van der Waals surface area contributed by atoms with Crippen LogP contribution in [-0.2, 0) is 14.8 Å². The maximum atomic E-state index is 12.1. The van der Waals surface area contributed by atoms with Crippen LogP contribution in [0.25, 0.3) is 0 Å². The fraction of sp³-hybridized carbons (Fsp3) is 0.562. The Labute approximate surface area is 154 Å². The van der Waals surface area contributed by atoms with E-state index in [0.29, 0.717) is 37.0 Å². The highest BCUT2D eigenvalue weighted by Gasteiger charge is 2.20. The van der Waals surface area contributed by atoms with E-state index in [9.17, 15) is 13.2 Å². The molecule has 0 unspecified atom stereocenters. The summed E-state index contributed by atoms with van der Waals surface area (Å²) in [5.74, 6) is 1.65. The number of amides is 1. The van der Waals surface area contributed by atoms with Crippen LogP contribution < -0.4 is 15.6 Å². The molecular formula is C16H27N3O4S2. The second-order valence-electron chi connectivity index (χ2n) is 6.54. The molecule has 0 aliphatic heterocycles. The number of primary sulfonamides is 1. The van der Waals surface area contributed by atoms with E-state index in [1.54, 1.807) is 24.1 Å². The molecule has 1 amide bonds. The molecule has 9 heteroatoms. The monoisotopic (exact) mass is 389 g/mol. The van der Waals surface area contributed by atoms with Crippen LogP contribution in [0.3, 0.4) is 0 Å². The van der Waals surface area contributed by atoms with Gasteiger partial charge in [-0.15, -0.1) is 11.8 Å². The van der Waals surface area contributed by atoms with Gasteiger partial charge in [-0.3, -0.25) is 4.79 Å². The predicted molar refractivity (Wildman–Crippen MR) is 101 cm³/mol. The Balaban J connectivity index is 2.29. The molecule has 0 saturated carbocycles. The molecule has 0 heterocycles. The Hall–Kier alpha value is -1.29. The minimum atomic E-state index is -3.69. The summed E-state index contributed by atoms with van der Waals surface area (Å²) in [5, 5.41) is 5.03. The summed E-state index contributed by atoms with van der Waals surface area (Å²) in [4.78, 5) is 13.8. The van der Waals surface area contributed by atoms with Gasteiger partial charge in [0.2, 0.25) is 15.9 Å². The second kappa shape index (κ2) is 9.42. The Kier molecular flexibility index (Phi) is 8.20. The number of hydrogen-bond donors (Lipinski definition) is 2. The molecule has 0 aliphatic rings. The summed E-state index contributed by atoms with van der Waals surface area (Å²) >= 11 is 1.49. The van der Waals surface area contributed by atoms with Crippen molar-refractivity contribution in [3.63, 3.8) is 0 Å². The van der Waals surface area contributed by atoms with Crippen molar-refractivity contribution in [1.82, 2.24) is 4.90 Å². The van der Waals surface area contributed by atoms with E-state index in [-0.39, 0.29) is 16.2 Å². The van der Waals surface area contributed by atoms with E-state index in [0.717, 1.165) is 0 Å². The summed E-state index contributed by atoms with van der Waals surface area (Å²) in [6.07, 6.45) is 0. The Morgan fingerprint density at radius 3 is 2.40 bits per heavy atom. The smallest absolute Gasteiger partial charge is 0.238 e. The van der Waals surface area contributed by atoms with Crippen molar-refractivity contribution in [2.24, 2.45) is 16.3 Å². The molecule has 25 heavy (non-hydrogen) atoms. The third-order valence-electron chi connectivity index (χ3n) is 3.52. The van der Waals surface area contributed by atoms with Crippen molar-refractivity contribution < 1.29 is 17.9 Å². The van der Waals surface area contributed by atoms with Gasteiger partial charge >= 0.3 is 0 Å². The average Bonchev–Trinajstić information content (AvgIpc) is 2.53. The zero-order valence-electron chi connectivity index (χ0n) is 14.9. The first-order chi connectivity index (χ1) is 11.5. The van der Waals surface area contributed by atoms with Gasteiger partial charge in [0.05, 0.1) is 17.3 Å². The number of sulfonamides is 1. The summed E-state index contributed by atoms with van der Waals surface area (Å²) in [7, 11) is -1.91. The number of ether oxygens (including phenoxy) is 1. The SMILES string of the molecule is CN(CC(C)(C)CN)C(=O)CSCCOc1ccc(S(N)(=O)=O)cc1. The van der Waals surface area contributed by atoms with Crippen molar-refractivity contribution in [1.29, 1.82) is 0 Å². The zero-order valence-corrected chi connectivity index (χ0v) is 16.5. The van der Waals surface area contributed by atoms with Gasteiger partial charge in [-0.25, -0.2) is 13.6 Å². The molecule has 7 nitrogen and oxygen atoms in total. The number of carbonyl (C=O) groups excluding carboxylic acids is 1. The van der Waals surface area contributed by atoms with Crippen molar-refractivity contribution in [2.75, 3.05) is 38.2 Å². The van der Waals surface area contributed by atoms with Gasteiger partial charge in [-0.2, -0.15) is 0 Å². The quantitative estimate of drug-likeness (QED) is 0.574. The number of nitrogens with two attached hydrogens (primary N) is 2. The zero-order chi connectivity index (χ0) is 19.1. The Morgan fingerprint density at radius 1 is 1.28 bits per heavy atom. The van der Waals surface area contributed by atoms with Crippen LogP contribution in [0.15, 0.2) is 29.2 Å². The number of thioether (sulfide) groups is 1. The molecule has 0 aliphatic carbocycles. The van der Waals surface area contributed by atoms with Gasteiger partial charge in [0.15, 0.2) is 0 Å². The van der Waals surface area contributed by atoms with Gasteiger partial charge < -0.3 is 15.4 Å². The van der Waals surface area contributed by atoms with Gasteiger partial charge in [0, 0.05) is 19.3 Å². The molecule has 1 rings (SSSR count). The molecule has 0 atom stereocenters. The fourth-order valence-electron chi connectivity index (χ4n) is 2.01. The highest BCUT2D eigenvalue weighted by molar-refractivity contribution is 7.99. The van der Waals surface area contributed by atoms with Crippen molar-refractivity contribution >= 4 is 27.7 Å². The van der Waals surface area contributed by atoms with Crippen LogP contribution in [-0.4, -0.2) is 57.5 Å². The lowest BCUT2D eigenvalue weighted by atomic mass is 9.93. The summed E-state index contributed by atoms with van der Waals surface area (Å²) in [5.41, 5.74) is 5.59. The van der Waals surface area contributed by atoms with E-state index in [4.69, 9.17) is 15.6 Å². The summed E-state index contributed by atoms with van der Waals surface area (Å²) in [6, 6.07) is 5.90. The molecule has 0 radical (unpaired) electrons. The highest BCUT2D eigenvalue weighted by Crippen LogP contribution is 2.16. The number of carbonyl (C=O) groups is 1. The van der Waals surface area contributed by atoms with Gasteiger partial charge in [-0.1, -0.05) is 13.8 Å². The lowest BCUT2D eigenvalue weighted by molar-refractivity contribution is -0.128. The molecule has 1 aromatic rings. The average molecular weight is 390 g/mol. The van der Waals surface area contributed by atoms with E-state index in [2.05, 4.69) is 0 Å². The first-order valence-electron chi connectivity index (χ1n) is 7.82. The maximum Gasteiger partial charge on any atom is 0.238 e.